The van der Waals surface area contributed by atoms with Crippen molar-refractivity contribution in [3.05, 3.63) is 89.5 Å². The predicted molar refractivity (Wildman–Crippen MR) is 120 cm³/mol. The average molecular weight is 449 g/mol. The van der Waals surface area contributed by atoms with Gasteiger partial charge in [-0.3, -0.25) is 0 Å². The summed E-state index contributed by atoms with van der Waals surface area (Å²) in [6, 6.07) is 21.3. The number of carbonyl (C=O) groups is 1. The molecule has 1 N–H and O–H groups in total. The third-order valence-electron chi connectivity index (χ3n) is 5.67. The van der Waals surface area contributed by atoms with E-state index in [2.05, 4.69) is 15.2 Å². The Hall–Kier alpha value is -3.94. The molecule has 6 nitrogen and oxygen atoms in total. The normalized spacial score (nSPS) is 16.9. The van der Waals surface area contributed by atoms with Gasteiger partial charge in [0.2, 0.25) is 0 Å². The van der Waals surface area contributed by atoms with Crippen LogP contribution in [-0.4, -0.2) is 36.5 Å². The zero-order valence-electron chi connectivity index (χ0n) is 17.6. The van der Waals surface area contributed by atoms with Crippen LogP contribution < -0.4 is 14.8 Å². The topological polar surface area (TPSA) is 63.2 Å². The summed E-state index contributed by atoms with van der Waals surface area (Å²) in [7, 11) is 0. The van der Waals surface area contributed by atoms with Gasteiger partial charge in [0.25, 0.3) is 0 Å². The van der Waals surface area contributed by atoms with Crippen molar-refractivity contribution >= 4 is 17.4 Å². The molecule has 0 saturated heterocycles. The summed E-state index contributed by atoms with van der Waals surface area (Å²) >= 11 is 0. The van der Waals surface area contributed by atoms with Crippen molar-refractivity contribution in [2.75, 3.05) is 18.5 Å². The van der Waals surface area contributed by atoms with E-state index in [0.717, 1.165) is 28.9 Å². The Morgan fingerprint density at radius 3 is 2.64 bits per heavy atom. The lowest BCUT2D eigenvalue weighted by Gasteiger charge is -2.16. The molecule has 0 radical (unpaired) electrons. The number of alkyl halides is 2. The maximum absolute atomic E-state index is 13.0. The van der Waals surface area contributed by atoms with Gasteiger partial charge >= 0.3 is 12.6 Å². The molecule has 0 aromatic heterocycles. The molecule has 1 atom stereocenters. The van der Waals surface area contributed by atoms with E-state index in [1.165, 1.54) is 17.1 Å². The number of anilines is 1. The molecule has 2 amide bonds. The van der Waals surface area contributed by atoms with Gasteiger partial charge in [0.05, 0.1) is 18.9 Å². The van der Waals surface area contributed by atoms with Crippen LogP contribution in [-0.2, 0) is 6.42 Å². The van der Waals surface area contributed by atoms with Crippen molar-refractivity contribution in [1.82, 2.24) is 5.01 Å². The molecule has 3 aromatic carbocycles. The van der Waals surface area contributed by atoms with Gasteiger partial charge in [0.1, 0.15) is 11.5 Å². The first kappa shape index (κ1) is 20.9. The van der Waals surface area contributed by atoms with Crippen LogP contribution in [0, 0.1) is 0 Å². The molecule has 0 aliphatic carbocycles. The lowest BCUT2D eigenvalue weighted by atomic mass is 9.90. The maximum Gasteiger partial charge on any atom is 0.387 e. The fraction of sp³-hybridized carbons (Fsp3) is 0.200. The minimum atomic E-state index is -2.89. The average Bonchev–Trinajstić information content (AvgIpc) is 3.47. The van der Waals surface area contributed by atoms with Gasteiger partial charge in [-0.1, -0.05) is 30.3 Å². The highest BCUT2D eigenvalue weighted by atomic mass is 19.3. The van der Waals surface area contributed by atoms with Gasteiger partial charge in [0, 0.05) is 18.0 Å². The van der Waals surface area contributed by atoms with Crippen molar-refractivity contribution in [2.45, 2.75) is 19.0 Å². The third-order valence-corrected chi connectivity index (χ3v) is 5.67. The SMILES string of the molecule is O=C(Nc1ccc2c(c1)CCO2)N1CC(c2ccccc2)C(c2ccc(OC(F)F)cc2)=N1. The molecule has 1 unspecified atom stereocenters. The highest BCUT2D eigenvalue weighted by molar-refractivity contribution is 6.08. The fourth-order valence-corrected chi connectivity index (χ4v) is 4.10. The van der Waals surface area contributed by atoms with Crippen LogP contribution in [0.5, 0.6) is 11.5 Å². The molecule has 3 aromatic rings. The van der Waals surface area contributed by atoms with E-state index in [-0.39, 0.29) is 17.7 Å². The Morgan fingerprint density at radius 1 is 1.09 bits per heavy atom. The zero-order valence-corrected chi connectivity index (χ0v) is 17.6. The van der Waals surface area contributed by atoms with Gasteiger partial charge < -0.3 is 14.8 Å². The van der Waals surface area contributed by atoms with Gasteiger partial charge in [-0.2, -0.15) is 13.9 Å². The largest absolute Gasteiger partial charge is 0.493 e. The van der Waals surface area contributed by atoms with Crippen LogP contribution in [0.15, 0.2) is 77.9 Å². The Morgan fingerprint density at radius 2 is 1.88 bits per heavy atom. The van der Waals surface area contributed by atoms with Crippen LogP contribution in [0.25, 0.3) is 0 Å². The van der Waals surface area contributed by atoms with E-state index in [0.29, 0.717) is 24.6 Å². The standard InChI is InChI=1S/C25H21F2N3O3/c26-24(27)33-20-9-6-17(7-10-20)23-21(16-4-2-1-3-5-16)15-30(29-23)25(31)28-19-8-11-22-18(14-19)12-13-32-22/h1-11,14,21,24H,12-13,15H2,(H,28,31). The van der Waals surface area contributed by atoms with Crippen LogP contribution in [0.4, 0.5) is 19.3 Å². The number of fused-ring (bicyclic) bond motifs is 1. The minimum absolute atomic E-state index is 0.0683. The molecule has 5 rings (SSSR count). The molecule has 33 heavy (non-hydrogen) atoms. The Kier molecular flexibility index (Phi) is 5.64. The van der Waals surface area contributed by atoms with Crippen LogP contribution in [0.2, 0.25) is 0 Å². The molecular weight excluding hydrogens is 428 g/mol. The van der Waals surface area contributed by atoms with Gasteiger partial charge in [-0.05, 0) is 59.2 Å². The van der Waals surface area contributed by atoms with E-state index in [1.54, 1.807) is 18.2 Å². The number of hydrogen-bond acceptors (Lipinski definition) is 4. The van der Waals surface area contributed by atoms with Crippen molar-refractivity contribution in [2.24, 2.45) is 5.10 Å². The van der Waals surface area contributed by atoms with Gasteiger partial charge in [-0.25, -0.2) is 9.80 Å². The number of nitrogens with zero attached hydrogens (tertiary/aromatic N) is 2. The first-order valence-electron chi connectivity index (χ1n) is 10.6. The Balaban J connectivity index is 1.40. The number of nitrogens with one attached hydrogen (secondary N) is 1. The number of hydrazone groups is 1. The number of amides is 2. The number of benzene rings is 3. The number of hydrogen-bond donors (Lipinski definition) is 1. The van der Waals surface area contributed by atoms with E-state index in [1.807, 2.05) is 42.5 Å². The van der Waals surface area contributed by atoms with E-state index < -0.39 is 6.61 Å². The lowest BCUT2D eigenvalue weighted by molar-refractivity contribution is -0.0498. The second kappa shape index (κ2) is 8.90. The monoisotopic (exact) mass is 449 g/mol. The van der Waals surface area contributed by atoms with Crippen LogP contribution in [0.3, 0.4) is 0 Å². The molecule has 2 aliphatic heterocycles. The molecular formula is C25H21F2N3O3. The second-order valence-corrected chi connectivity index (χ2v) is 7.78. The molecule has 2 aliphatic rings. The smallest absolute Gasteiger partial charge is 0.387 e. The fourth-order valence-electron chi connectivity index (χ4n) is 4.10. The maximum atomic E-state index is 13.0. The van der Waals surface area contributed by atoms with E-state index in [9.17, 15) is 13.6 Å². The highest BCUT2D eigenvalue weighted by Crippen LogP contribution is 2.31. The molecule has 8 heteroatoms. The summed E-state index contributed by atoms with van der Waals surface area (Å²) in [5, 5.41) is 8.91. The first-order chi connectivity index (χ1) is 16.1. The van der Waals surface area contributed by atoms with Crippen molar-refractivity contribution < 1.29 is 23.0 Å². The quantitative estimate of drug-likeness (QED) is 0.578. The number of rotatable bonds is 5. The number of halogens is 2. The molecule has 0 fully saturated rings. The number of urea groups is 1. The zero-order chi connectivity index (χ0) is 22.8. The van der Waals surface area contributed by atoms with E-state index >= 15 is 0 Å². The second-order valence-electron chi connectivity index (χ2n) is 7.78. The third kappa shape index (κ3) is 4.50. The van der Waals surface area contributed by atoms with Crippen LogP contribution in [0.1, 0.15) is 22.6 Å². The van der Waals surface area contributed by atoms with Gasteiger partial charge in [-0.15, -0.1) is 0 Å². The summed E-state index contributed by atoms with van der Waals surface area (Å²) < 4.78 is 34.9. The first-order valence-corrected chi connectivity index (χ1v) is 10.6. The molecule has 2 heterocycles. The molecule has 0 saturated carbocycles. The van der Waals surface area contributed by atoms with E-state index in [4.69, 9.17) is 4.74 Å². The summed E-state index contributed by atoms with van der Waals surface area (Å²) in [5.74, 6) is 0.754. The number of carbonyl (C=O) groups excluding carboxylic acids is 1. The molecule has 0 spiro atoms. The lowest BCUT2D eigenvalue weighted by Crippen LogP contribution is -2.30. The number of ether oxygens (including phenoxy) is 2. The van der Waals surface area contributed by atoms with Crippen molar-refractivity contribution in [3.8, 4) is 11.5 Å². The predicted octanol–water partition coefficient (Wildman–Crippen LogP) is 5.26. The van der Waals surface area contributed by atoms with Crippen LogP contribution >= 0.6 is 0 Å². The highest BCUT2D eigenvalue weighted by Gasteiger charge is 2.32. The molecule has 168 valence electrons. The molecule has 0 bridgehead atoms. The minimum Gasteiger partial charge on any atom is -0.493 e. The summed E-state index contributed by atoms with van der Waals surface area (Å²) in [6.07, 6.45) is 0.812. The summed E-state index contributed by atoms with van der Waals surface area (Å²) in [4.78, 5) is 13.0. The van der Waals surface area contributed by atoms with Crippen molar-refractivity contribution in [3.63, 3.8) is 0 Å². The van der Waals surface area contributed by atoms with Crippen molar-refractivity contribution in [1.29, 1.82) is 0 Å². The Bertz CT molecular complexity index is 1180. The summed E-state index contributed by atoms with van der Waals surface area (Å²) in [6.45, 7) is -1.89. The Labute approximate surface area is 189 Å². The summed E-state index contributed by atoms with van der Waals surface area (Å²) in [5.41, 5.74) is 4.16. The van der Waals surface area contributed by atoms with Gasteiger partial charge in [0.15, 0.2) is 0 Å².